The molecule has 2 heterocycles. The summed E-state index contributed by atoms with van der Waals surface area (Å²) in [6, 6.07) is 13.7. The molecule has 1 aliphatic heterocycles. The molecule has 3 aromatic rings. The van der Waals surface area contributed by atoms with Gasteiger partial charge in [0.1, 0.15) is 30.5 Å². The summed E-state index contributed by atoms with van der Waals surface area (Å²) in [5.74, 6) is 0. The molecule has 148 valence electrons. The van der Waals surface area contributed by atoms with Gasteiger partial charge in [0.25, 0.3) is 0 Å². The largest absolute Gasteiger partial charge is 0.394 e. The van der Waals surface area contributed by atoms with Crippen LogP contribution in [0.3, 0.4) is 0 Å². The molecule has 1 aliphatic rings. The first-order valence-electron chi connectivity index (χ1n) is 9.22. The van der Waals surface area contributed by atoms with Gasteiger partial charge < -0.3 is 25.2 Å². The molecule has 0 aliphatic carbocycles. The van der Waals surface area contributed by atoms with E-state index in [1.54, 1.807) is 11.3 Å². The lowest BCUT2D eigenvalue weighted by Crippen LogP contribution is -2.55. The molecule has 6 nitrogen and oxygen atoms in total. The highest BCUT2D eigenvalue weighted by Crippen LogP contribution is 2.34. The van der Waals surface area contributed by atoms with Gasteiger partial charge in [-0.1, -0.05) is 30.3 Å². The van der Waals surface area contributed by atoms with Crippen LogP contribution in [0.5, 0.6) is 0 Å². The number of hydrogen-bond donors (Lipinski definition) is 4. The maximum Gasteiger partial charge on any atom is 0.113 e. The number of nitrogens with zero attached hydrogens (tertiary/aromatic N) is 1. The van der Waals surface area contributed by atoms with Gasteiger partial charge in [-0.15, -0.1) is 11.3 Å². The minimum Gasteiger partial charge on any atom is -0.394 e. The van der Waals surface area contributed by atoms with E-state index >= 15 is 0 Å². The second-order valence-electron chi connectivity index (χ2n) is 7.19. The van der Waals surface area contributed by atoms with Crippen molar-refractivity contribution in [3.05, 3.63) is 64.2 Å². The molecular weight excluding hydrogens is 378 g/mol. The normalized spacial score (nSPS) is 28.0. The van der Waals surface area contributed by atoms with E-state index in [9.17, 15) is 20.4 Å². The number of aliphatic hydroxyl groups excluding tert-OH is 4. The quantitative estimate of drug-likeness (QED) is 0.531. The maximum atomic E-state index is 10.4. The van der Waals surface area contributed by atoms with Crippen molar-refractivity contribution in [2.24, 2.45) is 0 Å². The molecule has 1 aromatic heterocycles. The van der Waals surface area contributed by atoms with E-state index in [1.165, 1.54) is 0 Å². The van der Waals surface area contributed by atoms with Crippen LogP contribution in [0.1, 0.15) is 27.8 Å². The first kappa shape index (κ1) is 19.4. The molecule has 0 amide bonds. The van der Waals surface area contributed by atoms with Crippen molar-refractivity contribution in [2.75, 3.05) is 6.61 Å². The zero-order chi connectivity index (χ0) is 19.8. The minimum absolute atomic E-state index is 0.439. The molecule has 2 aromatic carbocycles. The molecule has 0 spiro atoms. The van der Waals surface area contributed by atoms with Crippen LogP contribution < -0.4 is 0 Å². The molecule has 28 heavy (non-hydrogen) atoms. The average molecular weight is 401 g/mol. The molecule has 4 rings (SSSR count). The van der Waals surface area contributed by atoms with Crippen molar-refractivity contribution >= 4 is 21.6 Å². The van der Waals surface area contributed by atoms with Gasteiger partial charge >= 0.3 is 0 Å². The van der Waals surface area contributed by atoms with Crippen molar-refractivity contribution in [1.29, 1.82) is 0 Å². The number of thiazole rings is 1. The van der Waals surface area contributed by atoms with E-state index in [-0.39, 0.29) is 0 Å². The average Bonchev–Trinajstić information content (AvgIpc) is 3.11. The van der Waals surface area contributed by atoms with Crippen LogP contribution in [0.15, 0.2) is 42.5 Å². The number of hydrogen-bond acceptors (Lipinski definition) is 7. The Morgan fingerprint density at radius 2 is 1.82 bits per heavy atom. The summed E-state index contributed by atoms with van der Waals surface area (Å²) in [6.45, 7) is 1.57. The predicted octanol–water partition coefficient (Wildman–Crippen LogP) is 1.71. The minimum atomic E-state index is -1.38. The van der Waals surface area contributed by atoms with Gasteiger partial charge in [-0.05, 0) is 35.7 Å². The van der Waals surface area contributed by atoms with Crippen LogP contribution in [0.2, 0.25) is 0 Å². The van der Waals surface area contributed by atoms with Crippen molar-refractivity contribution in [1.82, 2.24) is 4.98 Å². The Kier molecular flexibility index (Phi) is 5.46. The highest BCUT2D eigenvalue weighted by atomic mass is 32.1. The molecule has 0 bridgehead atoms. The summed E-state index contributed by atoms with van der Waals surface area (Å²) in [4.78, 5) is 4.69. The first-order valence-corrected chi connectivity index (χ1v) is 10.0. The Hall–Kier alpha value is -1.87. The summed E-state index contributed by atoms with van der Waals surface area (Å²) >= 11 is 1.65. The Balaban J connectivity index is 1.63. The number of ether oxygens (including phenoxy) is 1. The number of fused-ring (bicyclic) bond motifs is 1. The van der Waals surface area contributed by atoms with Gasteiger partial charge in [0.2, 0.25) is 0 Å². The Labute approximate surface area is 166 Å². The summed E-state index contributed by atoms with van der Waals surface area (Å²) < 4.78 is 6.83. The summed E-state index contributed by atoms with van der Waals surface area (Å²) in [6.07, 6.45) is -5.12. The molecule has 0 unspecified atom stereocenters. The Morgan fingerprint density at radius 3 is 2.57 bits per heavy atom. The summed E-state index contributed by atoms with van der Waals surface area (Å²) in [5, 5.41) is 40.8. The first-order chi connectivity index (χ1) is 13.5. The highest BCUT2D eigenvalue weighted by Gasteiger charge is 2.43. The third kappa shape index (κ3) is 3.57. The van der Waals surface area contributed by atoms with Crippen molar-refractivity contribution in [3.63, 3.8) is 0 Å². The zero-order valence-corrected chi connectivity index (χ0v) is 16.2. The van der Waals surface area contributed by atoms with E-state index in [1.807, 2.05) is 49.4 Å². The fourth-order valence-electron chi connectivity index (χ4n) is 3.59. The lowest BCUT2D eigenvalue weighted by molar-refractivity contribution is -0.231. The van der Waals surface area contributed by atoms with Crippen LogP contribution in [0.25, 0.3) is 10.2 Å². The lowest BCUT2D eigenvalue weighted by Gasteiger charge is -2.40. The van der Waals surface area contributed by atoms with E-state index < -0.39 is 37.1 Å². The molecule has 0 radical (unpaired) electrons. The van der Waals surface area contributed by atoms with Crippen molar-refractivity contribution in [3.8, 4) is 0 Å². The third-order valence-corrected chi connectivity index (χ3v) is 6.31. The number of aryl methyl sites for hydroxylation is 1. The fourth-order valence-corrected chi connectivity index (χ4v) is 4.58. The van der Waals surface area contributed by atoms with Gasteiger partial charge in [-0.2, -0.15) is 0 Å². The molecular formula is C21H23NO5S. The third-order valence-electron chi connectivity index (χ3n) is 5.27. The smallest absolute Gasteiger partial charge is 0.113 e. The van der Waals surface area contributed by atoms with Gasteiger partial charge in [0.15, 0.2) is 0 Å². The molecule has 1 saturated heterocycles. The predicted molar refractivity (Wildman–Crippen MR) is 106 cm³/mol. The van der Waals surface area contributed by atoms with Gasteiger partial charge in [-0.3, -0.25) is 0 Å². The monoisotopic (exact) mass is 401 g/mol. The number of benzene rings is 2. The zero-order valence-electron chi connectivity index (χ0n) is 15.4. The molecule has 4 N–H and O–H groups in total. The van der Waals surface area contributed by atoms with E-state index in [0.29, 0.717) is 12.0 Å². The maximum absolute atomic E-state index is 10.4. The van der Waals surface area contributed by atoms with Gasteiger partial charge in [0.05, 0.1) is 21.8 Å². The SMILES string of the molecule is Cc1ccc([C@@H]2O[C@H](CO)[C@@H](O)[C@H](O)[C@H]2O)cc1Cc1nc2ccccc2s1. The highest BCUT2D eigenvalue weighted by molar-refractivity contribution is 7.18. The van der Waals surface area contributed by atoms with Crippen LogP contribution in [0, 0.1) is 6.92 Å². The Bertz CT molecular complexity index is 939. The fraction of sp³-hybridized carbons (Fsp3) is 0.381. The number of aliphatic hydroxyl groups is 4. The molecule has 1 fully saturated rings. The number of rotatable bonds is 4. The van der Waals surface area contributed by atoms with Gasteiger partial charge in [-0.25, -0.2) is 4.98 Å². The molecule has 0 saturated carbocycles. The second kappa shape index (κ2) is 7.87. The number of aromatic nitrogens is 1. The molecule has 7 heteroatoms. The van der Waals surface area contributed by atoms with E-state index in [4.69, 9.17) is 4.74 Å². The van der Waals surface area contributed by atoms with Crippen LogP contribution in [-0.4, -0.2) is 56.4 Å². The van der Waals surface area contributed by atoms with E-state index in [2.05, 4.69) is 4.98 Å². The summed E-state index contributed by atoms with van der Waals surface area (Å²) in [7, 11) is 0. The van der Waals surface area contributed by atoms with Crippen molar-refractivity contribution < 1.29 is 25.2 Å². The standard InChI is InChI=1S/C21H23NO5S/c1-11-6-7-12(21-20(26)19(25)18(24)15(10-23)27-21)8-13(11)9-17-22-14-4-2-3-5-16(14)28-17/h2-8,15,18-21,23-26H,9-10H2,1H3/t15-,18-,19+,20-,21+/m1/s1. The molecule has 5 atom stereocenters. The lowest BCUT2D eigenvalue weighted by atomic mass is 9.89. The van der Waals surface area contributed by atoms with Gasteiger partial charge in [0, 0.05) is 6.42 Å². The van der Waals surface area contributed by atoms with Crippen LogP contribution in [-0.2, 0) is 11.2 Å². The topological polar surface area (TPSA) is 103 Å². The van der Waals surface area contributed by atoms with Crippen LogP contribution >= 0.6 is 11.3 Å². The second-order valence-corrected chi connectivity index (χ2v) is 8.30. The van der Waals surface area contributed by atoms with E-state index in [0.717, 1.165) is 26.4 Å². The van der Waals surface area contributed by atoms with Crippen LogP contribution in [0.4, 0.5) is 0 Å². The summed E-state index contributed by atoms with van der Waals surface area (Å²) in [5.41, 5.74) is 3.81. The Morgan fingerprint density at radius 1 is 1.04 bits per heavy atom. The number of para-hydroxylation sites is 1. The van der Waals surface area contributed by atoms with Crippen molar-refractivity contribution in [2.45, 2.75) is 43.9 Å².